The van der Waals surface area contributed by atoms with Crippen LogP contribution in [-0.4, -0.2) is 48.8 Å². The average molecular weight is 297 g/mol. The average Bonchev–Trinajstić information content (AvgIpc) is 2.92. The lowest BCUT2D eigenvalue weighted by atomic mass is 10.1. The number of hydrogen-bond donors (Lipinski definition) is 1. The largest absolute Gasteiger partial charge is 0.480 e. The van der Waals surface area contributed by atoms with E-state index in [4.69, 9.17) is 0 Å². The Morgan fingerprint density at radius 2 is 2.25 bits per heavy atom. The Hall–Kier alpha value is -1.50. The summed E-state index contributed by atoms with van der Waals surface area (Å²) in [4.78, 5) is 25.6. The first-order valence-electron chi connectivity index (χ1n) is 6.63. The van der Waals surface area contributed by atoms with Crippen molar-refractivity contribution in [3.8, 4) is 0 Å². The maximum absolute atomic E-state index is 12.7. The Balaban J connectivity index is 2.31. The van der Waals surface area contributed by atoms with Crippen molar-refractivity contribution in [1.29, 1.82) is 0 Å². The first kappa shape index (κ1) is 14.9. The molecular formula is C13H19N3O3S. The van der Waals surface area contributed by atoms with E-state index in [1.165, 1.54) is 4.90 Å². The van der Waals surface area contributed by atoms with Crippen LogP contribution < -0.4 is 0 Å². The Bertz CT molecular complexity index is 529. The number of carbonyl (C=O) groups is 2. The smallest absolute Gasteiger partial charge is 0.327 e. The molecule has 0 saturated carbocycles. The van der Waals surface area contributed by atoms with Gasteiger partial charge in [0.25, 0.3) is 5.91 Å². The van der Waals surface area contributed by atoms with E-state index < -0.39 is 12.0 Å². The molecular weight excluding hydrogens is 278 g/mol. The van der Waals surface area contributed by atoms with E-state index in [2.05, 4.69) is 5.10 Å². The zero-order valence-electron chi connectivity index (χ0n) is 11.9. The lowest BCUT2D eigenvalue weighted by Crippen LogP contribution is -2.45. The van der Waals surface area contributed by atoms with Crippen molar-refractivity contribution in [3.63, 3.8) is 0 Å². The van der Waals surface area contributed by atoms with Crippen molar-refractivity contribution in [3.05, 3.63) is 17.5 Å². The molecule has 110 valence electrons. The van der Waals surface area contributed by atoms with Crippen LogP contribution in [-0.2, 0) is 11.8 Å². The molecule has 20 heavy (non-hydrogen) atoms. The molecule has 1 aromatic heterocycles. The minimum Gasteiger partial charge on any atom is -0.480 e. The fourth-order valence-corrected chi connectivity index (χ4v) is 3.96. The van der Waals surface area contributed by atoms with Crippen molar-refractivity contribution in [1.82, 2.24) is 14.7 Å². The molecule has 2 rings (SSSR count). The molecule has 1 aliphatic rings. The number of carboxylic acids is 1. The number of rotatable bonds is 4. The Morgan fingerprint density at radius 1 is 1.55 bits per heavy atom. The zero-order chi connectivity index (χ0) is 14.9. The number of nitrogens with zero attached hydrogens (tertiary/aromatic N) is 3. The second-order valence-electron chi connectivity index (χ2n) is 4.94. The van der Waals surface area contributed by atoms with E-state index in [-0.39, 0.29) is 11.3 Å². The van der Waals surface area contributed by atoms with E-state index in [1.54, 1.807) is 36.6 Å². The molecule has 1 amide bonds. The number of aliphatic carboxylic acids is 1. The topological polar surface area (TPSA) is 75.4 Å². The van der Waals surface area contributed by atoms with Crippen LogP contribution in [0.15, 0.2) is 6.20 Å². The zero-order valence-corrected chi connectivity index (χ0v) is 12.7. The van der Waals surface area contributed by atoms with Gasteiger partial charge in [-0.1, -0.05) is 13.3 Å². The van der Waals surface area contributed by atoms with Gasteiger partial charge in [0.05, 0.1) is 16.6 Å². The first-order chi connectivity index (χ1) is 9.45. The number of carboxylic acid groups (broad SMARTS) is 1. The van der Waals surface area contributed by atoms with Crippen molar-refractivity contribution in [2.45, 2.75) is 38.1 Å². The Labute approximate surface area is 122 Å². The summed E-state index contributed by atoms with van der Waals surface area (Å²) in [6.07, 6.45) is 3.38. The van der Waals surface area contributed by atoms with Crippen LogP contribution in [0, 0.1) is 6.92 Å². The summed E-state index contributed by atoms with van der Waals surface area (Å²) >= 11 is 1.54. The van der Waals surface area contributed by atoms with Crippen LogP contribution in [0.4, 0.5) is 0 Å². The first-order valence-corrected chi connectivity index (χ1v) is 7.67. The number of carbonyl (C=O) groups excluding carboxylic acids is 1. The predicted octanol–water partition coefficient (Wildman–Crippen LogP) is 1.50. The van der Waals surface area contributed by atoms with Gasteiger partial charge in [0.15, 0.2) is 0 Å². The highest BCUT2D eigenvalue weighted by Crippen LogP contribution is 2.33. The third-order valence-electron chi connectivity index (χ3n) is 3.39. The molecule has 2 atom stereocenters. The minimum absolute atomic E-state index is 0.0618. The van der Waals surface area contributed by atoms with E-state index in [1.807, 2.05) is 6.92 Å². The molecule has 0 spiro atoms. The van der Waals surface area contributed by atoms with E-state index in [9.17, 15) is 14.7 Å². The number of amides is 1. The van der Waals surface area contributed by atoms with Crippen LogP contribution in [0.25, 0.3) is 0 Å². The molecule has 2 unspecified atom stereocenters. The molecule has 1 saturated heterocycles. The normalized spacial score (nSPS) is 22.2. The molecule has 6 nitrogen and oxygen atoms in total. The van der Waals surface area contributed by atoms with Gasteiger partial charge in [-0.3, -0.25) is 9.48 Å². The number of aromatic nitrogens is 2. The lowest BCUT2D eigenvalue weighted by molar-refractivity contribution is -0.141. The quantitative estimate of drug-likeness (QED) is 0.911. The fourth-order valence-electron chi connectivity index (χ4n) is 2.44. The van der Waals surface area contributed by atoms with Gasteiger partial charge in [0.1, 0.15) is 6.04 Å². The van der Waals surface area contributed by atoms with Gasteiger partial charge in [-0.15, -0.1) is 11.8 Å². The van der Waals surface area contributed by atoms with Gasteiger partial charge in [0.2, 0.25) is 0 Å². The van der Waals surface area contributed by atoms with Crippen LogP contribution in [0.3, 0.4) is 0 Å². The van der Waals surface area contributed by atoms with Gasteiger partial charge in [-0.05, 0) is 13.3 Å². The summed E-state index contributed by atoms with van der Waals surface area (Å²) in [5.74, 6) is -0.720. The molecule has 1 aliphatic heterocycles. The lowest BCUT2D eigenvalue weighted by Gasteiger charge is -2.27. The highest BCUT2D eigenvalue weighted by Gasteiger charge is 2.42. The Kier molecular flexibility index (Phi) is 4.37. The summed E-state index contributed by atoms with van der Waals surface area (Å²) in [7, 11) is 1.75. The van der Waals surface area contributed by atoms with E-state index >= 15 is 0 Å². The molecule has 0 bridgehead atoms. The van der Waals surface area contributed by atoms with Gasteiger partial charge < -0.3 is 10.0 Å². The van der Waals surface area contributed by atoms with Gasteiger partial charge in [0, 0.05) is 19.0 Å². The summed E-state index contributed by atoms with van der Waals surface area (Å²) < 4.78 is 1.58. The molecule has 0 aromatic carbocycles. The van der Waals surface area contributed by atoms with Crippen molar-refractivity contribution in [2.24, 2.45) is 7.05 Å². The molecule has 1 aromatic rings. The van der Waals surface area contributed by atoms with Crippen LogP contribution in [0.2, 0.25) is 0 Å². The van der Waals surface area contributed by atoms with Crippen molar-refractivity contribution < 1.29 is 14.7 Å². The van der Waals surface area contributed by atoms with Gasteiger partial charge in [-0.25, -0.2) is 4.79 Å². The van der Waals surface area contributed by atoms with Gasteiger partial charge in [-0.2, -0.15) is 5.10 Å². The van der Waals surface area contributed by atoms with Crippen LogP contribution >= 0.6 is 11.8 Å². The summed E-state index contributed by atoms with van der Waals surface area (Å²) in [6.45, 7) is 3.80. The number of hydrogen-bond acceptors (Lipinski definition) is 4. The van der Waals surface area contributed by atoms with E-state index in [0.29, 0.717) is 17.0 Å². The maximum Gasteiger partial charge on any atom is 0.327 e. The Morgan fingerprint density at radius 3 is 2.75 bits per heavy atom. The number of aryl methyl sites for hydroxylation is 2. The molecule has 7 heteroatoms. The fraction of sp³-hybridized carbons (Fsp3) is 0.615. The molecule has 0 radical (unpaired) electrons. The van der Waals surface area contributed by atoms with Crippen molar-refractivity contribution in [2.75, 3.05) is 5.75 Å². The standard InChI is InChI=1S/C13H19N3O3S/c1-4-5-11-16(10(7-20-11)13(18)19)12(17)9-6-15(3)14-8(9)2/h6,10-11H,4-5,7H2,1-3H3,(H,18,19). The highest BCUT2D eigenvalue weighted by molar-refractivity contribution is 8.00. The summed E-state index contributed by atoms with van der Waals surface area (Å²) in [5.41, 5.74) is 1.12. The molecule has 2 heterocycles. The second-order valence-corrected chi connectivity index (χ2v) is 6.16. The third kappa shape index (κ3) is 2.67. The predicted molar refractivity (Wildman–Crippen MR) is 76.7 cm³/mol. The highest BCUT2D eigenvalue weighted by atomic mass is 32.2. The molecule has 1 fully saturated rings. The number of thioether (sulfide) groups is 1. The maximum atomic E-state index is 12.7. The summed E-state index contributed by atoms with van der Waals surface area (Å²) in [5, 5.41) is 13.4. The van der Waals surface area contributed by atoms with Crippen molar-refractivity contribution >= 4 is 23.6 Å². The van der Waals surface area contributed by atoms with E-state index in [0.717, 1.165) is 12.8 Å². The monoisotopic (exact) mass is 297 g/mol. The second kappa shape index (κ2) is 5.87. The molecule has 0 aliphatic carbocycles. The SMILES string of the molecule is CCCC1SCC(C(=O)O)N1C(=O)c1cn(C)nc1C. The minimum atomic E-state index is -0.939. The molecule has 1 N–H and O–H groups in total. The third-order valence-corrected chi connectivity index (χ3v) is 4.75. The summed E-state index contributed by atoms with van der Waals surface area (Å²) in [6, 6.07) is -0.747. The van der Waals surface area contributed by atoms with Crippen LogP contribution in [0.5, 0.6) is 0 Å². The van der Waals surface area contributed by atoms with Gasteiger partial charge >= 0.3 is 5.97 Å². The van der Waals surface area contributed by atoms with Crippen LogP contribution in [0.1, 0.15) is 35.8 Å².